The Bertz CT molecular complexity index is 2520. The van der Waals surface area contributed by atoms with Crippen LogP contribution in [0.4, 0.5) is 8.78 Å². The Morgan fingerprint density at radius 3 is 1.75 bits per heavy atom. The van der Waals surface area contributed by atoms with Crippen molar-refractivity contribution in [1.29, 1.82) is 5.26 Å². The summed E-state index contributed by atoms with van der Waals surface area (Å²) >= 11 is 12.1. The number of hydrogen-bond acceptors (Lipinski definition) is 10. The number of rotatable bonds is 15. The molecule has 0 spiro atoms. The number of hydrogen-bond donors (Lipinski definition) is 4. The molecule has 0 atom stereocenters. The lowest BCUT2D eigenvalue weighted by Crippen LogP contribution is -2.45. The van der Waals surface area contributed by atoms with Crippen LogP contribution in [0.3, 0.4) is 0 Å². The largest absolute Gasteiger partial charge is 0.483 e. The Morgan fingerprint density at radius 1 is 0.725 bits per heavy atom. The van der Waals surface area contributed by atoms with Crippen LogP contribution in [0.2, 0.25) is 10.0 Å². The van der Waals surface area contributed by atoms with Crippen molar-refractivity contribution in [2.45, 2.75) is 51.0 Å². The summed E-state index contributed by atoms with van der Waals surface area (Å²) in [6.45, 7) is 2.18. The SMILES string of the molecule is N#CC1(Cc2ccc(F)cc2)CCN(C(=O)COc2ccc(Cl)cc2C(=O)NC2CCNCC2)CC1.O=C(O)CNC(=O)c1cc(Cl)ccc1OCC(=O)N1CCC(C(=O)c2ccc(F)cc2)CC1. The zero-order chi connectivity index (χ0) is 49.5. The normalized spacial score (nSPS) is 15.9. The third kappa shape index (κ3) is 14.9. The maximum absolute atomic E-state index is 13.2. The fourth-order valence-corrected chi connectivity index (χ4v) is 8.64. The molecule has 4 N–H and O–H groups in total. The smallest absolute Gasteiger partial charge is 0.322 e. The summed E-state index contributed by atoms with van der Waals surface area (Å²) in [5, 5.41) is 27.8. The second-order valence-corrected chi connectivity index (χ2v) is 17.9. The number of ketones is 1. The maximum atomic E-state index is 13.2. The van der Waals surface area contributed by atoms with Crippen molar-refractivity contribution in [3.63, 3.8) is 0 Å². The molecule has 3 aliphatic rings. The lowest BCUT2D eigenvalue weighted by Gasteiger charge is -2.37. The number of carboxylic acid groups (broad SMARTS) is 1. The molecule has 19 heteroatoms. The second kappa shape index (κ2) is 24.6. The fourth-order valence-electron chi connectivity index (χ4n) is 8.30. The molecule has 4 amide bonds. The Hall–Kier alpha value is -6.61. The molecule has 15 nitrogen and oxygen atoms in total. The number of carbonyl (C=O) groups excluding carboxylic acids is 5. The van der Waals surface area contributed by atoms with E-state index in [4.69, 9.17) is 37.8 Å². The van der Waals surface area contributed by atoms with Gasteiger partial charge in [0.1, 0.15) is 29.7 Å². The highest BCUT2D eigenvalue weighted by Gasteiger charge is 2.37. The number of Topliss-reactive ketones (excluding diaryl/α,β-unsaturated/α-hetero) is 1. The van der Waals surface area contributed by atoms with Gasteiger partial charge in [-0.3, -0.25) is 28.8 Å². The van der Waals surface area contributed by atoms with Crippen LogP contribution in [-0.4, -0.2) is 115 Å². The molecule has 7 rings (SSSR count). The molecule has 4 aromatic carbocycles. The highest BCUT2D eigenvalue weighted by Crippen LogP contribution is 2.35. The summed E-state index contributed by atoms with van der Waals surface area (Å²) in [6.07, 6.45) is 4.22. The van der Waals surface area contributed by atoms with Crippen molar-refractivity contribution < 1.29 is 52.1 Å². The van der Waals surface area contributed by atoms with Crippen molar-refractivity contribution in [2.75, 3.05) is 59.0 Å². The first kappa shape index (κ1) is 51.8. The predicted octanol–water partition coefficient (Wildman–Crippen LogP) is 6.51. The van der Waals surface area contributed by atoms with Gasteiger partial charge in [-0.25, -0.2) is 8.78 Å². The predicted molar refractivity (Wildman–Crippen MR) is 251 cm³/mol. The third-order valence-electron chi connectivity index (χ3n) is 12.3. The van der Waals surface area contributed by atoms with Gasteiger partial charge in [-0.1, -0.05) is 35.3 Å². The first-order valence-corrected chi connectivity index (χ1v) is 23.2. The van der Waals surface area contributed by atoms with Gasteiger partial charge >= 0.3 is 5.97 Å². The van der Waals surface area contributed by atoms with Gasteiger partial charge in [0.2, 0.25) is 0 Å². The zero-order valence-electron chi connectivity index (χ0n) is 37.6. The molecule has 3 heterocycles. The molecular weight excluding hydrogens is 937 g/mol. The van der Waals surface area contributed by atoms with Gasteiger partial charge in [-0.05, 0) is 136 Å². The minimum Gasteiger partial charge on any atom is -0.483 e. The number of halogens is 4. The van der Waals surface area contributed by atoms with E-state index in [1.165, 1.54) is 54.6 Å². The van der Waals surface area contributed by atoms with E-state index in [2.05, 4.69) is 22.0 Å². The number of amides is 4. The number of aliphatic carboxylic acids is 1. The van der Waals surface area contributed by atoms with Crippen LogP contribution in [0.5, 0.6) is 11.5 Å². The van der Waals surface area contributed by atoms with Crippen LogP contribution in [0.1, 0.15) is 75.2 Å². The summed E-state index contributed by atoms with van der Waals surface area (Å²) in [5.74, 6) is -3.32. The summed E-state index contributed by atoms with van der Waals surface area (Å²) in [6, 6.07) is 23.1. The van der Waals surface area contributed by atoms with E-state index >= 15 is 0 Å². The summed E-state index contributed by atoms with van der Waals surface area (Å²) in [5.41, 5.74) is 1.07. The van der Waals surface area contributed by atoms with Crippen molar-refractivity contribution in [3.8, 4) is 17.6 Å². The Labute approximate surface area is 408 Å². The summed E-state index contributed by atoms with van der Waals surface area (Å²) in [4.78, 5) is 77.1. The van der Waals surface area contributed by atoms with Gasteiger partial charge in [0.15, 0.2) is 19.0 Å². The average Bonchev–Trinajstić information content (AvgIpc) is 3.36. The van der Waals surface area contributed by atoms with Gasteiger partial charge in [0.05, 0.1) is 22.6 Å². The Kier molecular flexibility index (Phi) is 18.5. The Morgan fingerprint density at radius 2 is 1.23 bits per heavy atom. The third-order valence-corrected chi connectivity index (χ3v) is 12.7. The molecule has 0 aliphatic carbocycles. The van der Waals surface area contributed by atoms with Crippen LogP contribution >= 0.6 is 23.2 Å². The fraction of sp³-hybridized carbons (Fsp3) is 0.380. The first-order chi connectivity index (χ1) is 33.1. The van der Waals surface area contributed by atoms with Crippen LogP contribution in [0.15, 0.2) is 84.9 Å². The maximum Gasteiger partial charge on any atom is 0.322 e. The van der Waals surface area contributed by atoms with Gasteiger partial charge < -0.3 is 40.3 Å². The lowest BCUT2D eigenvalue weighted by atomic mass is 9.75. The van der Waals surface area contributed by atoms with E-state index in [0.29, 0.717) is 80.2 Å². The molecule has 0 unspecified atom stereocenters. The highest BCUT2D eigenvalue weighted by atomic mass is 35.5. The van der Waals surface area contributed by atoms with Crippen LogP contribution in [-0.2, 0) is 20.8 Å². The number of likely N-dealkylation sites (tertiary alicyclic amines) is 2. The Balaban J connectivity index is 0.000000228. The van der Waals surface area contributed by atoms with E-state index in [1.54, 1.807) is 40.1 Å². The lowest BCUT2D eigenvalue weighted by molar-refractivity contribution is -0.136. The molecule has 69 heavy (non-hydrogen) atoms. The van der Waals surface area contributed by atoms with Crippen molar-refractivity contribution in [1.82, 2.24) is 25.8 Å². The topological polar surface area (TPSA) is 207 Å². The number of benzene rings is 4. The van der Waals surface area contributed by atoms with Crippen LogP contribution in [0, 0.1) is 34.3 Å². The molecule has 4 aromatic rings. The number of piperidine rings is 3. The number of carboxylic acids is 1. The average molecular weight is 990 g/mol. The van der Waals surface area contributed by atoms with E-state index in [9.17, 15) is 42.8 Å². The molecular formula is C50H52Cl2F2N6O9. The zero-order valence-corrected chi connectivity index (χ0v) is 39.1. The number of carbonyl (C=O) groups is 6. The van der Waals surface area contributed by atoms with Crippen molar-refractivity contribution in [3.05, 3.63) is 129 Å². The molecule has 3 fully saturated rings. The molecule has 3 saturated heterocycles. The molecule has 3 aliphatic heterocycles. The number of nitriles is 1. The van der Waals surface area contributed by atoms with Crippen LogP contribution < -0.4 is 25.4 Å². The van der Waals surface area contributed by atoms with Crippen molar-refractivity contribution in [2.24, 2.45) is 11.3 Å². The number of ether oxygens (including phenoxy) is 2. The van der Waals surface area contributed by atoms with Gasteiger partial charge in [0.25, 0.3) is 23.6 Å². The van der Waals surface area contributed by atoms with E-state index in [1.807, 2.05) is 0 Å². The quantitative estimate of drug-likeness (QED) is 0.0945. The molecule has 0 bridgehead atoms. The molecule has 0 aromatic heterocycles. The van der Waals surface area contributed by atoms with E-state index in [0.717, 1.165) is 31.5 Å². The van der Waals surface area contributed by atoms with Crippen LogP contribution in [0.25, 0.3) is 0 Å². The highest BCUT2D eigenvalue weighted by molar-refractivity contribution is 6.31. The van der Waals surface area contributed by atoms with Gasteiger partial charge in [-0.2, -0.15) is 5.26 Å². The minimum atomic E-state index is -1.20. The summed E-state index contributed by atoms with van der Waals surface area (Å²) < 4.78 is 37.6. The number of nitrogens with zero attached hydrogens (tertiary/aromatic N) is 3. The molecule has 0 radical (unpaired) electrons. The summed E-state index contributed by atoms with van der Waals surface area (Å²) in [7, 11) is 0. The van der Waals surface area contributed by atoms with Crippen molar-refractivity contribution >= 4 is 58.6 Å². The number of nitrogens with one attached hydrogen (secondary N) is 3. The monoisotopic (exact) mass is 988 g/mol. The van der Waals surface area contributed by atoms with Gasteiger partial charge in [-0.15, -0.1) is 0 Å². The van der Waals surface area contributed by atoms with E-state index in [-0.39, 0.29) is 70.8 Å². The standard InChI is InChI=1S/C27H30ClFN4O3.C23H22ClFN2O6/c28-20-3-6-24(23(15-20)26(35)32-22-7-11-31-12-8-22)36-17-25(34)33-13-9-27(18-30,10-14-33)16-19-1-4-21(29)5-2-19;24-16-3-6-19(18(11-16)23(32)26-12-21(29)30)33-13-20(28)27-9-7-15(8-10-27)22(31)14-1-4-17(25)5-2-14/h1-6,15,22,31H,7-14,16-17H2,(H,32,35);1-6,11,15H,7-10,12-13H2,(H,26,32)(H,29,30). The van der Waals surface area contributed by atoms with Gasteiger partial charge in [0, 0.05) is 53.7 Å². The first-order valence-electron chi connectivity index (χ1n) is 22.5. The minimum absolute atomic E-state index is 0.0140. The molecule has 364 valence electrons. The second-order valence-electron chi connectivity index (χ2n) is 17.0. The van der Waals surface area contributed by atoms with E-state index < -0.39 is 29.7 Å². The molecule has 0 saturated carbocycles.